The molecule has 1 aliphatic carbocycles. The molecule has 0 radical (unpaired) electrons. The van der Waals surface area contributed by atoms with E-state index >= 15 is 0 Å². The van der Waals surface area contributed by atoms with Crippen molar-refractivity contribution in [2.45, 2.75) is 51.5 Å². The summed E-state index contributed by atoms with van der Waals surface area (Å²) < 4.78 is 0. The van der Waals surface area contributed by atoms with Gasteiger partial charge in [0.15, 0.2) is 0 Å². The molecule has 1 saturated carbocycles. The van der Waals surface area contributed by atoms with Crippen LogP contribution in [-0.4, -0.2) is 24.1 Å². The molecule has 1 aromatic carbocycles. The van der Waals surface area contributed by atoms with Crippen LogP contribution in [0.15, 0.2) is 37.0 Å². The standard InChI is InChI=1S/C23H31N3/c1-16(6-7-18-10-13-24-14-11-18)26-23-22-5-3-4-20(17(2)19-8-9-19)21(22)12-15-25-23/h3-5,12,15-16,18-19,24H,2,6-11,13-14H2,1H3,(H,25,26)/t16-/m0/s1. The number of piperidine rings is 1. The number of rotatable bonds is 7. The molecule has 26 heavy (non-hydrogen) atoms. The Balaban J connectivity index is 1.47. The fraction of sp³-hybridized carbons (Fsp3) is 0.522. The molecule has 1 saturated heterocycles. The number of anilines is 1. The van der Waals surface area contributed by atoms with E-state index < -0.39 is 0 Å². The lowest BCUT2D eigenvalue weighted by Crippen LogP contribution is -2.28. The minimum Gasteiger partial charge on any atom is -0.367 e. The molecule has 0 amide bonds. The number of fused-ring (bicyclic) bond motifs is 1. The maximum Gasteiger partial charge on any atom is 0.134 e. The van der Waals surface area contributed by atoms with Gasteiger partial charge in [-0.15, -0.1) is 0 Å². The van der Waals surface area contributed by atoms with Crippen LogP contribution in [-0.2, 0) is 0 Å². The van der Waals surface area contributed by atoms with E-state index in [9.17, 15) is 0 Å². The van der Waals surface area contributed by atoms with E-state index in [1.165, 1.54) is 73.5 Å². The van der Waals surface area contributed by atoms with Crippen molar-refractivity contribution in [3.8, 4) is 0 Å². The van der Waals surface area contributed by atoms with E-state index in [1.54, 1.807) is 0 Å². The van der Waals surface area contributed by atoms with Gasteiger partial charge in [0, 0.05) is 17.6 Å². The highest BCUT2D eigenvalue weighted by molar-refractivity contribution is 5.99. The fourth-order valence-corrected chi connectivity index (χ4v) is 4.22. The van der Waals surface area contributed by atoms with Crippen LogP contribution in [0.25, 0.3) is 16.3 Å². The molecule has 1 aliphatic heterocycles. The normalized spacial score (nSPS) is 19.4. The lowest BCUT2D eigenvalue weighted by atomic mass is 9.91. The molecule has 0 spiro atoms. The lowest BCUT2D eigenvalue weighted by Gasteiger charge is -2.24. The second-order valence-corrected chi connectivity index (χ2v) is 8.18. The third-order valence-electron chi connectivity index (χ3n) is 6.07. The van der Waals surface area contributed by atoms with Crippen LogP contribution in [0.5, 0.6) is 0 Å². The summed E-state index contributed by atoms with van der Waals surface area (Å²) in [6.07, 6.45) is 9.69. The highest BCUT2D eigenvalue weighted by atomic mass is 15.0. The molecule has 2 N–H and O–H groups in total. The second kappa shape index (κ2) is 7.79. The van der Waals surface area contributed by atoms with Gasteiger partial charge in [0.2, 0.25) is 0 Å². The van der Waals surface area contributed by atoms with Crippen LogP contribution in [0.2, 0.25) is 0 Å². The minimum absolute atomic E-state index is 0.443. The molecule has 0 unspecified atom stereocenters. The maximum absolute atomic E-state index is 4.65. The zero-order valence-corrected chi connectivity index (χ0v) is 15.9. The van der Waals surface area contributed by atoms with Gasteiger partial charge in [-0.25, -0.2) is 4.98 Å². The van der Waals surface area contributed by atoms with Crippen LogP contribution in [0.4, 0.5) is 5.82 Å². The van der Waals surface area contributed by atoms with Gasteiger partial charge < -0.3 is 10.6 Å². The molecule has 1 atom stereocenters. The first-order valence-electron chi connectivity index (χ1n) is 10.3. The van der Waals surface area contributed by atoms with Crippen LogP contribution in [0.1, 0.15) is 51.0 Å². The summed E-state index contributed by atoms with van der Waals surface area (Å²) in [5.41, 5.74) is 2.60. The molecular formula is C23H31N3. The Bertz CT molecular complexity index is 772. The van der Waals surface area contributed by atoms with Crippen molar-refractivity contribution >= 4 is 22.2 Å². The molecule has 1 aromatic heterocycles. The average Bonchev–Trinajstić information content (AvgIpc) is 3.52. The Morgan fingerprint density at radius 1 is 1.19 bits per heavy atom. The zero-order valence-electron chi connectivity index (χ0n) is 15.9. The van der Waals surface area contributed by atoms with E-state index in [-0.39, 0.29) is 0 Å². The van der Waals surface area contributed by atoms with Crippen molar-refractivity contribution in [1.82, 2.24) is 10.3 Å². The van der Waals surface area contributed by atoms with Gasteiger partial charge in [0.1, 0.15) is 5.82 Å². The van der Waals surface area contributed by atoms with E-state index in [0.717, 1.165) is 11.7 Å². The third-order valence-corrected chi connectivity index (χ3v) is 6.07. The largest absolute Gasteiger partial charge is 0.367 e. The van der Waals surface area contributed by atoms with Gasteiger partial charge in [0.05, 0.1) is 0 Å². The predicted molar refractivity (Wildman–Crippen MR) is 111 cm³/mol. The molecule has 0 bridgehead atoms. The monoisotopic (exact) mass is 349 g/mol. The maximum atomic E-state index is 4.65. The number of pyridine rings is 1. The molecule has 2 fully saturated rings. The molecular weight excluding hydrogens is 318 g/mol. The van der Waals surface area contributed by atoms with Gasteiger partial charge in [0.25, 0.3) is 0 Å². The molecule has 2 heterocycles. The van der Waals surface area contributed by atoms with Gasteiger partial charge in [-0.3, -0.25) is 0 Å². The number of allylic oxidation sites excluding steroid dienone is 1. The number of aromatic nitrogens is 1. The first-order chi connectivity index (χ1) is 12.7. The Morgan fingerprint density at radius 2 is 2.00 bits per heavy atom. The molecule has 138 valence electrons. The SMILES string of the molecule is C=C(c1cccc2c(N[C@@H](C)CCC3CCNCC3)nccc12)C1CC1. The highest BCUT2D eigenvalue weighted by Gasteiger charge is 2.26. The van der Waals surface area contributed by atoms with E-state index in [0.29, 0.717) is 12.0 Å². The van der Waals surface area contributed by atoms with Crippen molar-refractivity contribution < 1.29 is 0 Å². The van der Waals surface area contributed by atoms with Gasteiger partial charge >= 0.3 is 0 Å². The number of nitrogens with zero attached hydrogens (tertiary/aromatic N) is 1. The molecule has 2 aromatic rings. The van der Waals surface area contributed by atoms with E-state index in [1.807, 2.05) is 6.20 Å². The Hall–Kier alpha value is -1.87. The molecule has 4 rings (SSSR count). The fourth-order valence-electron chi connectivity index (χ4n) is 4.22. The van der Waals surface area contributed by atoms with Crippen LogP contribution < -0.4 is 10.6 Å². The van der Waals surface area contributed by atoms with Crippen LogP contribution in [0.3, 0.4) is 0 Å². The predicted octanol–water partition coefficient (Wildman–Crippen LogP) is 5.24. The molecule has 3 heteroatoms. The average molecular weight is 350 g/mol. The second-order valence-electron chi connectivity index (χ2n) is 8.18. The first kappa shape index (κ1) is 17.5. The van der Waals surface area contributed by atoms with Crippen molar-refractivity contribution in [3.05, 3.63) is 42.6 Å². The van der Waals surface area contributed by atoms with Gasteiger partial charge in [-0.2, -0.15) is 0 Å². The van der Waals surface area contributed by atoms with E-state index in [4.69, 9.17) is 0 Å². The Kier molecular flexibility index (Phi) is 5.26. The summed E-state index contributed by atoms with van der Waals surface area (Å²) in [5.74, 6) is 2.59. The smallest absolute Gasteiger partial charge is 0.134 e. The molecule has 2 aliphatic rings. The summed E-state index contributed by atoms with van der Waals surface area (Å²) in [5, 5.41) is 9.64. The number of benzene rings is 1. The number of hydrogen-bond donors (Lipinski definition) is 2. The topological polar surface area (TPSA) is 37.0 Å². The lowest BCUT2D eigenvalue weighted by molar-refractivity contribution is 0.342. The quantitative estimate of drug-likeness (QED) is 0.718. The van der Waals surface area contributed by atoms with Gasteiger partial charge in [-0.05, 0) is 93.0 Å². The van der Waals surface area contributed by atoms with Crippen LogP contribution >= 0.6 is 0 Å². The summed E-state index contributed by atoms with van der Waals surface area (Å²) in [7, 11) is 0. The number of hydrogen-bond acceptors (Lipinski definition) is 3. The molecule has 3 nitrogen and oxygen atoms in total. The van der Waals surface area contributed by atoms with Crippen molar-refractivity contribution in [3.63, 3.8) is 0 Å². The summed E-state index contributed by atoms with van der Waals surface area (Å²) >= 11 is 0. The van der Waals surface area contributed by atoms with Crippen molar-refractivity contribution in [2.75, 3.05) is 18.4 Å². The highest BCUT2D eigenvalue weighted by Crippen LogP contribution is 2.43. The van der Waals surface area contributed by atoms with Crippen LogP contribution in [0, 0.1) is 11.8 Å². The van der Waals surface area contributed by atoms with Crippen molar-refractivity contribution in [2.24, 2.45) is 11.8 Å². The first-order valence-corrected chi connectivity index (χ1v) is 10.3. The van der Waals surface area contributed by atoms with Crippen molar-refractivity contribution in [1.29, 1.82) is 0 Å². The Labute approximate surface area is 157 Å². The minimum atomic E-state index is 0.443. The van der Waals surface area contributed by atoms with Gasteiger partial charge in [-0.1, -0.05) is 24.8 Å². The summed E-state index contributed by atoms with van der Waals surface area (Å²) in [6.45, 7) is 9.02. The number of nitrogens with one attached hydrogen (secondary N) is 2. The van der Waals surface area contributed by atoms with E-state index in [2.05, 4.69) is 53.4 Å². The third kappa shape index (κ3) is 3.93. The zero-order chi connectivity index (χ0) is 17.9. The summed E-state index contributed by atoms with van der Waals surface area (Å²) in [4.78, 5) is 4.65. The Morgan fingerprint density at radius 3 is 2.77 bits per heavy atom. The summed E-state index contributed by atoms with van der Waals surface area (Å²) in [6, 6.07) is 9.14.